The third kappa shape index (κ3) is 7.59. The number of carbonyl (C=O) groups is 1. The van der Waals surface area contributed by atoms with Crippen LogP contribution in [-0.4, -0.2) is 35.9 Å². The van der Waals surface area contributed by atoms with Crippen LogP contribution in [0.1, 0.15) is 26.3 Å². The Labute approximate surface area is 114 Å². The molecule has 1 aromatic rings. The van der Waals surface area contributed by atoms with Crippen LogP contribution >= 0.6 is 0 Å². The van der Waals surface area contributed by atoms with Crippen LogP contribution in [0.2, 0.25) is 0 Å². The Hall–Kier alpha value is -1.39. The van der Waals surface area contributed by atoms with Gasteiger partial charge >= 0.3 is 5.97 Å². The normalized spacial score (nSPS) is 13.1. The maximum Gasteiger partial charge on any atom is 0.310 e. The maximum atomic E-state index is 11.6. The van der Waals surface area contributed by atoms with Gasteiger partial charge in [-0.15, -0.1) is 0 Å². The number of hydrogen-bond acceptors (Lipinski definition) is 4. The molecule has 1 aromatic carbocycles. The summed E-state index contributed by atoms with van der Waals surface area (Å²) in [7, 11) is 0. The van der Waals surface area contributed by atoms with Gasteiger partial charge in [0.25, 0.3) is 0 Å². The second-order valence-electron chi connectivity index (χ2n) is 5.63. The number of carbonyl (C=O) groups excluding carboxylic acids is 1. The molecule has 1 rings (SSSR count). The average molecular weight is 265 g/mol. The van der Waals surface area contributed by atoms with Crippen molar-refractivity contribution in [2.24, 2.45) is 0 Å². The number of aliphatic hydroxyl groups excluding tert-OH is 1. The summed E-state index contributed by atoms with van der Waals surface area (Å²) in [6.07, 6.45) is -0.445. The molecule has 106 valence electrons. The summed E-state index contributed by atoms with van der Waals surface area (Å²) in [5, 5.41) is 12.8. The second-order valence-corrected chi connectivity index (χ2v) is 5.63. The fourth-order valence-electron chi connectivity index (χ4n) is 1.49. The van der Waals surface area contributed by atoms with Gasteiger partial charge in [-0.1, -0.05) is 30.3 Å². The lowest BCUT2D eigenvalue weighted by molar-refractivity contribution is -0.145. The molecule has 0 aliphatic carbocycles. The predicted octanol–water partition coefficient (Wildman–Crippen LogP) is 1.52. The molecule has 0 unspecified atom stereocenters. The summed E-state index contributed by atoms with van der Waals surface area (Å²) in [4.78, 5) is 11.6. The van der Waals surface area contributed by atoms with E-state index >= 15 is 0 Å². The first-order chi connectivity index (χ1) is 8.87. The summed E-state index contributed by atoms with van der Waals surface area (Å²) < 4.78 is 5.04. The maximum absolute atomic E-state index is 11.6. The summed E-state index contributed by atoms with van der Waals surface area (Å²) in [5.41, 5.74) is 0.851. The average Bonchev–Trinajstić information content (AvgIpc) is 2.34. The van der Waals surface area contributed by atoms with Gasteiger partial charge in [-0.2, -0.15) is 0 Å². The van der Waals surface area contributed by atoms with Crippen LogP contribution in [0.3, 0.4) is 0 Å². The van der Waals surface area contributed by atoms with E-state index in [9.17, 15) is 9.90 Å². The van der Waals surface area contributed by atoms with Crippen LogP contribution < -0.4 is 5.32 Å². The SMILES string of the molecule is CC(C)(C)NC[C@H](O)COC(=O)Cc1ccccc1. The topological polar surface area (TPSA) is 58.6 Å². The highest BCUT2D eigenvalue weighted by atomic mass is 16.5. The molecule has 0 heterocycles. The Morgan fingerprint density at radius 3 is 2.53 bits per heavy atom. The van der Waals surface area contributed by atoms with E-state index in [1.165, 1.54) is 0 Å². The zero-order valence-electron chi connectivity index (χ0n) is 11.8. The van der Waals surface area contributed by atoms with Crippen molar-refractivity contribution in [2.75, 3.05) is 13.2 Å². The Bertz CT molecular complexity index is 384. The molecule has 0 spiro atoms. The highest BCUT2D eigenvalue weighted by molar-refractivity contribution is 5.72. The minimum absolute atomic E-state index is 0.0226. The molecule has 4 nitrogen and oxygen atoms in total. The first-order valence-corrected chi connectivity index (χ1v) is 6.49. The molecule has 0 radical (unpaired) electrons. The van der Waals surface area contributed by atoms with Gasteiger partial charge in [0, 0.05) is 12.1 Å². The number of benzene rings is 1. The molecule has 0 saturated heterocycles. The molecule has 0 aliphatic rings. The van der Waals surface area contributed by atoms with Crippen LogP contribution in [-0.2, 0) is 16.0 Å². The summed E-state index contributed by atoms with van der Waals surface area (Å²) in [5.74, 6) is -0.319. The van der Waals surface area contributed by atoms with Crippen LogP contribution in [0.25, 0.3) is 0 Å². The minimum Gasteiger partial charge on any atom is -0.463 e. The van der Waals surface area contributed by atoms with Crippen molar-refractivity contribution in [1.29, 1.82) is 0 Å². The molecule has 0 amide bonds. The van der Waals surface area contributed by atoms with Crippen molar-refractivity contribution in [1.82, 2.24) is 5.32 Å². The first-order valence-electron chi connectivity index (χ1n) is 6.49. The molecule has 19 heavy (non-hydrogen) atoms. The molecule has 4 heteroatoms. The van der Waals surface area contributed by atoms with Crippen LogP contribution in [0.5, 0.6) is 0 Å². The lowest BCUT2D eigenvalue weighted by atomic mass is 10.1. The van der Waals surface area contributed by atoms with Crippen molar-refractivity contribution in [3.05, 3.63) is 35.9 Å². The lowest BCUT2D eigenvalue weighted by Gasteiger charge is -2.22. The first kappa shape index (κ1) is 15.7. The van der Waals surface area contributed by atoms with Gasteiger partial charge in [-0.25, -0.2) is 0 Å². The lowest BCUT2D eigenvalue weighted by Crippen LogP contribution is -2.42. The Balaban J connectivity index is 2.23. The van der Waals surface area contributed by atoms with E-state index in [1.54, 1.807) is 0 Å². The zero-order valence-corrected chi connectivity index (χ0v) is 11.8. The standard InChI is InChI=1S/C15H23NO3/c1-15(2,3)16-10-13(17)11-19-14(18)9-12-7-5-4-6-8-12/h4-8,13,16-17H,9-11H2,1-3H3/t13-/m0/s1. The summed E-state index contributed by atoms with van der Waals surface area (Å²) >= 11 is 0. The van der Waals surface area contributed by atoms with E-state index in [1.807, 2.05) is 51.1 Å². The smallest absolute Gasteiger partial charge is 0.310 e. The van der Waals surface area contributed by atoms with Crippen LogP contribution in [0, 0.1) is 0 Å². The molecular weight excluding hydrogens is 242 g/mol. The quantitative estimate of drug-likeness (QED) is 0.766. The number of β-amino-alcohol motifs (C(OH)–C–C–N with tert-alkyl or cyclic N) is 1. The molecule has 0 aromatic heterocycles. The van der Waals surface area contributed by atoms with E-state index in [-0.39, 0.29) is 24.5 Å². The van der Waals surface area contributed by atoms with E-state index in [0.717, 1.165) is 5.56 Å². The third-order valence-corrected chi connectivity index (χ3v) is 2.50. The molecule has 1 atom stereocenters. The van der Waals surface area contributed by atoms with Gasteiger partial charge < -0.3 is 15.2 Å². The van der Waals surface area contributed by atoms with Crippen LogP contribution in [0.4, 0.5) is 0 Å². The molecule has 0 fully saturated rings. The van der Waals surface area contributed by atoms with E-state index < -0.39 is 6.10 Å². The van der Waals surface area contributed by atoms with Gasteiger partial charge in [0.2, 0.25) is 0 Å². The van der Waals surface area contributed by atoms with Gasteiger partial charge in [-0.05, 0) is 26.3 Å². The van der Waals surface area contributed by atoms with Crippen molar-refractivity contribution in [3.63, 3.8) is 0 Å². The zero-order chi connectivity index (χ0) is 14.3. The van der Waals surface area contributed by atoms with Gasteiger partial charge in [0.05, 0.1) is 6.42 Å². The Kier molecular flexibility index (Phi) is 5.99. The number of esters is 1. The summed E-state index contributed by atoms with van der Waals surface area (Å²) in [6.45, 7) is 6.47. The van der Waals surface area contributed by atoms with Crippen molar-refractivity contribution in [3.8, 4) is 0 Å². The van der Waals surface area contributed by atoms with E-state index in [0.29, 0.717) is 6.54 Å². The number of nitrogens with one attached hydrogen (secondary N) is 1. The highest BCUT2D eigenvalue weighted by Gasteiger charge is 2.13. The van der Waals surface area contributed by atoms with Gasteiger partial charge in [0.15, 0.2) is 0 Å². The summed E-state index contributed by atoms with van der Waals surface area (Å²) in [6, 6.07) is 9.41. The number of aliphatic hydroxyl groups is 1. The Morgan fingerprint density at radius 2 is 1.95 bits per heavy atom. The molecule has 2 N–H and O–H groups in total. The van der Waals surface area contributed by atoms with Crippen molar-refractivity contribution >= 4 is 5.97 Å². The van der Waals surface area contributed by atoms with Crippen molar-refractivity contribution < 1.29 is 14.6 Å². The Morgan fingerprint density at radius 1 is 1.32 bits per heavy atom. The number of hydrogen-bond donors (Lipinski definition) is 2. The van der Waals surface area contributed by atoms with Crippen LogP contribution in [0.15, 0.2) is 30.3 Å². The number of ether oxygens (including phenoxy) is 1. The van der Waals surface area contributed by atoms with E-state index in [4.69, 9.17) is 4.74 Å². The molecule has 0 bridgehead atoms. The van der Waals surface area contributed by atoms with Gasteiger partial charge in [0.1, 0.15) is 12.7 Å². The molecule has 0 saturated carbocycles. The highest BCUT2D eigenvalue weighted by Crippen LogP contribution is 2.02. The van der Waals surface area contributed by atoms with E-state index in [2.05, 4.69) is 5.32 Å². The number of rotatable bonds is 6. The van der Waals surface area contributed by atoms with Gasteiger partial charge in [-0.3, -0.25) is 4.79 Å². The minimum atomic E-state index is -0.682. The monoisotopic (exact) mass is 265 g/mol. The molecular formula is C15H23NO3. The second kappa shape index (κ2) is 7.26. The van der Waals surface area contributed by atoms with Crippen molar-refractivity contribution in [2.45, 2.75) is 38.8 Å². The molecule has 0 aliphatic heterocycles. The fourth-order valence-corrected chi connectivity index (χ4v) is 1.49. The predicted molar refractivity (Wildman–Crippen MR) is 74.9 cm³/mol. The third-order valence-electron chi connectivity index (χ3n) is 2.50. The fraction of sp³-hybridized carbons (Fsp3) is 0.533. The largest absolute Gasteiger partial charge is 0.463 e.